The Hall–Kier alpha value is -1.19. The maximum Gasteiger partial charge on any atom is 0.168 e. The lowest BCUT2D eigenvalue weighted by Gasteiger charge is -2.13. The molecule has 1 aromatic rings. The lowest BCUT2D eigenvalue weighted by molar-refractivity contribution is 0.186. The van der Waals surface area contributed by atoms with Gasteiger partial charge in [-0.05, 0) is 56.7 Å². The summed E-state index contributed by atoms with van der Waals surface area (Å²) in [4.78, 5) is 0. The van der Waals surface area contributed by atoms with Crippen molar-refractivity contribution in [1.29, 1.82) is 0 Å². The fourth-order valence-electron chi connectivity index (χ4n) is 1.95. The summed E-state index contributed by atoms with van der Waals surface area (Å²) in [6.45, 7) is 4.77. The molecule has 4 heteroatoms. The number of hydrogen-bond donors (Lipinski definition) is 0. The van der Waals surface area contributed by atoms with Gasteiger partial charge in [0.2, 0.25) is 0 Å². The first-order valence-corrected chi connectivity index (χ1v) is 7.14. The summed E-state index contributed by atoms with van der Waals surface area (Å²) in [6, 6.07) is 3.30. The van der Waals surface area contributed by atoms with E-state index in [4.69, 9.17) is 4.74 Å². The standard InChI is InChI=1S/C16H23F3O/c1-4-14(18)10-20-15-9-8-13(12(3)16(15)19)7-5-6-11(2)17/h8-9,11,14H,4-7,10H2,1-3H3. The fourth-order valence-corrected chi connectivity index (χ4v) is 1.95. The second kappa shape index (κ2) is 8.18. The van der Waals surface area contributed by atoms with Gasteiger partial charge >= 0.3 is 0 Å². The van der Waals surface area contributed by atoms with Crippen molar-refractivity contribution in [2.24, 2.45) is 0 Å². The number of rotatable bonds is 8. The average molecular weight is 288 g/mol. The molecule has 0 aromatic heterocycles. The maximum atomic E-state index is 14.1. The van der Waals surface area contributed by atoms with Gasteiger partial charge in [-0.1, -0.05) is 13.0 Å². The van der Waals surface area contributed by atoms with E-state index in [2.05, 4.69) is 0 Å². The Kier molecular flexibility index (Phi) is 6.89. The summed E-state index contributed by atoms with van der Waals surface area (Å²) < 4.78 is 45.1. The zero-order valence-corrected chi connectivity index (χ0v) is 12.4. The number of aryl methyl sites for hydroxylation is 1. The first-order valence-electron chi connectivity index (χ1n) is 7.14. The predicted octanol–water partition coefficient (Wildman–Crippen LogP) is 4.94. The molecule has 0 N–H and O–H groups in total. The Morgan fingerprint density at radius 1 is 1.25 bits per heavy atom. The van der Waals surface area contributed by atoms with E-state index < -0.39 is 18.2 Å². The number of halogens is 3. The van der Waals surface area contributed by atoms with Gasteiger partial charge in [-0.3, -0.25) is 0 Å². The van der Waals surface area contributed by atoms with Crippen LogP contribution >= 0.6 is 0 Å². The highest BCUT2D eigenvalue weighted by molar-refractivity contribution is 5.37. The molecule has 0 saturated heterocycles. The third kappa shape index (κ3) is 5.06. The van der Waals surface area contributed by atoms with Crippen LogP contribution in [0.5, 0.6) is 5.75 Å². The molecule has 0 aliphatic carbocycles. The van der Waals surface area contributed by atoms with Crippen molar-refractivity contribution in [3.8, 4) is 5.75 Å². The summed E-state index contributed by atoms with van der Waals surface area (Å²) in [7, 11) is 0. The van der Waals surface area contributed by atoms with Crippen LogP contribution in [0.25, 0.3) is 0 Å². The van der Waals surface area contributed by atoms with E-state index in [1.165, 1.54) is 13.0 Å². The molecule has 0 fully saturated rings. The lowest BCUT2D eigenvalue weighted by Crippen LogP contribution is -2.12. The summed E-state index contributed by atoms with van der Waals surface area (Å²) >= 11 is 0. The summed E-state index contributed by atoms with van der Waals surface area (Å²) in [5, 5.41) is 0. The number of benzene rings is 1. The number of ether oxygens (including phenoxy) is 1. The smallest absolute Gasteiger partial charge is 0.168 e. The van der Waals surface area contributed by atoms with E-state index in [0.29, 0.717) is 31.2 Å². The van der Waals surface area contributed by atoms with Crippen molar-refractivity contribution in [1.82, 2.24) is 0 Å². The van der Waals surface area contributed by atoms with Gasteiger partial charge in [0, 0.05) is 0 Å². The van der Waals surface area contributed by atoms with Gasteiger partial charge in [-0.15, -0.1) is 0 Å². The van der Waals surface area contributed by atoms with E-state index in [-0.39, 0.29) is 12.4 Å². The SMILES string of the molecule is CCC(F)COc1ccc(CCCC(C)F)c(C)c1F. The quantitative estimate of drug-likeness (QED) is 0.658. The molecule has 0 aliphatic heterocycles. The van der Waals surface area contributed by atoms with Gasteiger partial charge in [-0.25, -0.2) is 13.2 Å². The van der Waals surface area contributed by atoms with Gasteiger partial charge in [0.05, 0.1) is 6.17 Å². The van der Waals surface area contributed by atoms with Crippen LogP contribution in [0.3, 0.4) is 0 Å². The predicted molar refractivity (Wildman–Crippen MR) is 75.3 cm³/mol. The highest BCUT2D eigenvalue weighted by atomic mass is 19.1. The zero-order valence-electron chi connectivity index (χ0n) is 12.4. The minimum Gasteiger partial charge on any atom is -0.487 e. The van der Waals surface area contributed by atoms with Crippen LogP contribution in [-0.4, -0.2) is 19.0 Å². The van der Waals surface area contributed by atoms with Crippen molar-refractivity contribution >= 4 is 0 Å². The summed E-state index contributed by atoms with van der Waals surface area (Å²) in [5.74, 6) is -0.361. The van der Waals surface area contributed by atoms with Crippen molar-refractivity contribution in [2.45, 2.75) is 58.8 Å². The zero-order chi connectivity index (χ0) is 15.1. The van der Waals surface area contributed by atoms with Gasteiger partial charge < -0.3 is 4.74 Å². The molecule has 0 bridgehead atoms. The van der Waals surface area contributed by atoms with Crippen LogP contribution in [0.1, 0.15) is 44.2 Å². The molecule has 0 heterocycles. The van der Waals surface area contributed by atoms with Crippen molar-refractivity contribution in [2.75, 3.05) is 6.61 Å². The molecule has 0 radical (unpaired) electrons. The van der Waals surface area contributed by atoms with Crippen LogP contribution in [0.15, 0.2) is 12.1 Å². The van der Waals surface area contributed by atoms with E-state index in [1.807, 2.05) is 0 Å². The maximum absolute atomic E-state index is 14.1. The van der Waals surface area contributed by atoms with Crippen molar-refractivity contribution < 1.29 is 17.9 Å². The van der Waals surface area contributed by atoms with Gasteiger partial charge in [0.1, 0.15) is 12.8 Å². The molecule has 114 valence electrons. The van der Waals surface area contributed by atoms with Crippen LogP contribution in [0, 0.1) is 12.7 Å². The normalized spacial score (nSPS) is 14.1. The van der Waals surface area contributed by atoms with E-state index >= 15 is 0 Å². The minimum absolute atomic E-state index is 0.0845. The van der Waals surface area contributed by atoms with Crippen LogP contribution < -0.4 is 4.74 Å². The number of alkyl halides is 2. The second-order valence-electron chi connectivity index (χ2n) is 5.15. The third-order valence-corrected chi connectivity index (χ3v) is 3.37. The fraction of sp³-hybridized carbons (Fsp3) is 0.625. The Morgan fingerprint density at radius 3 is 2.55 bits per heavy atom. The molecule has 0 spiro atoms. The molecule has 2 unspecified atom stereocenters. The molecule has 2 atom stereocenters. The Balaban J connectivity index is 2.66. The molecule has 20 heavy (non-hydrogen) atoms. The van der Waals surface area contributed by atoms with Gasteiger partial charge in [0.15, 0.2) is 11.6 Å². The van der Waals surface area contributed by atoms with Crippen LogP contribution in [0.4, 0.5) is 13.2 Å². The molecule has 1 nitrogen and oxygen atoms in total. The summed E-state index contributed by atoms with van der Waals surface area (Å²) in [5.41, 5.74) is 1.35. The average Bonchev–Trinajstić information content (AvgIpc) is 2.41. The largest absolute Gasteiger partial charge is 0.487 e. The first kappa shape index (κ1) is 16.9. The molecule has 0 aliphatic rings. The Bertz CT molecular complexity index is 418. The molecule has 0 amide bonds. The minimum atomic E-state index is -1.08. The Labute approximate surface area is 119 Å². The van der Waals surface area contributed by atoms with Crippen molar-refractivity contribution in [3.63, 3.8) is 0 Å². The molecule has 0 saturated carbocycles. The van der Waals surface area contributed by atoms with E-state index in [0.717, 1.165) is 5.56 Å². The topological polar surface area (TPSA) is 9.23 Å². The molecular formula is C16H23F3O. The van der Waals surface area contributed by atoms with E-state index in [1.54, 1.807) is 19.9 Å². The first-order chi connectivity index (χ1) is 9.45. The number of hydrogen-bond acceptors (Lipinski definition) is 1. The summed E-state index contributed by atoms with van der Waals surface area (Å²) in [6.07, 6.45) is 0.219. The lowest BCUT2D eigenvalue weighted by atomic mass is 10.0. The van der Waals surface area contributed by atoms with Gasteiger partial charge in [-0.2, -0.15) is 0 Å². The van der Waals surface area contributed by atoms with Crippen LogP contribution in [0.2, 0.25) is 0 Å². The van der Waals surface area contributed by atoms with Crippen molar-refractivity contribution in [3.05, 3.63) is 29.1 Å². The monoisotopic (exact) mass is 288 g/mol. The van der Waals surface area contributed by atoms with E-state index in [9.17, 15) is 13.2 Å². The van der Waals surface area contributed by atoms with Crippen LogP contribution in [-0.2, 0) is 6.42 Å². The third-order valence-electron chi connectivity index (χ3n) is 3.37. The highest BCUT2D eigenvalue weighted by Gasteiger charge is 2.13. The molecular weight excluding hydrogens is 265 g/mol. The molecule has 1 rings (SSSR count). The Morgan fingerprint density at radius 2 is 1.95 bits per heavy atom. The second-order valence-corrected chi connectivity index (χ2v) is 5.15. The van der Waals surface area contributed by atoms with Gasteiger partial charge in [0.25, 0.3) is 0 Å². The molecule has 1 aromatic carbocycles. The highest BCUT2D eigenvalue weighted by Crippen LogP contribution is 2.25.